The summed E-state index contributed by atoms with van der Waals surface area (Å²) < 4.78 is 0. The summed E-state index contributed by atoms with van der Waals surface area (Å²) in [7, 11) is 2.05. The van der Waals surface area contributed by atoms with E-state index in [2.05, 4.69) is 42.1 Å². The number of likely N-dealkylation sites (N-methyl/N-ethyl adjacent to an activating group) is 2. The molecule has 2 heterocycles. The smallest absolute Gasteiger partial charge is 0.227 e. The van der Waals surface area contributed by atoms with Crippen molar-refractivity contribution in [2.75, 3.05) is 30.1 Å². The van der Waals surface area contributed by atoms with Crippen LogP contribution in [0.3, 0.4) is 0 Å². The summed E-state index contributed by atoms with van der Waals surface area (Å²) in [6, 6.07) is 4.12. The first-order chi connectivity index (χ1) is 13.6. The lowest BCUT2D eigenvalue weighted by molar-refractivity contribution is -0.129. The van der Waals surface area contributed by atoms with Crippen molar-refractivity contribution in [2.24, 2.45) is 5.92 Å². The van der Waals surface area contributed by atoms with Gasteiger partial charge in [0.05, 0.1) is 23.6 Å². The Kier molecular flexibility index (Phi) is 7.80. The third-order valence-electron chi connectivity index (χ3n) is 6.03. The quantitative estimate of drug-likeness (QED) is 0.568. The molecule has 1 aromatic heterocycles. The molecular weight excluding hydrogens is 368 g/mol. The fraction of sp³-hybridized carbons (Fsp3) is 0.636. The van der Waals surface area contributed by atoms with Crippen LogP contribution in [0.4, 0.5) is 5.69 Å². The molecule has 0 spiro atoms. The Morgan fingerprint density at radius 1 is 1.32 bits per heavy atom. The first kappa shape index (κ1) is 21.2. The van der Waals surface area contributed by atoms with Crippen molar-refractivity contribution in [1.82, 2.24) is 14.9 Å². The fourth-order valence-electron chi connectivity index (χ4n) is 4.19. The summed E-state index contributed by atoms with van der Waals surface area (Å²) in [6.07, 6.45) is 13.3. The van der Waals surface area contributed by atoms with Crippen LogP contribution in [0.15, 0.2) is 36.4 Å². The van der Waals surface area contributed by atoms with Gasteiger partial charge in [0, 0.05) is 38.2 Å². The van der Waals surface area contributed by atoms with Crippen LogP contribution in [-0.2, 0) is 4.79 Å². The van der Waals surface area contributed by atoms with Gasteiger partial charge < -0.3 is 4.90 Å². The number of rotatable bonds is 9. The summed E-state index contributed by atoms with van der Waals surface area (Å²) in [4.78, 5) is 19.1. The summed E-state index contributed by atoms with van der Waals surface area (Å²) >= 11 is 1.94. The lowest BCUT2D eigenvalue weighted by atomic mass is 10.1. The third kappa shape index (κ3) is 5.09. The molecule has 1 aliphatic heterocycles. The number of pyridine rings is 1. The average Bonchev–Trinajstić information content (AvgIpc) is 3.33. The number of hydrazine groups is 1. The normalized spacial score (nSPS) is 20.6. The molecule has 1 saturated carbocycles. The second kappa shape index (κ2) is 10.3. The molecule has 1 aliphatic carbocycles. The summed E-state index contributed by atoms with van der Waals surface area (Å²) in [5, 5.41) is 4.23. The number of carbonyl (C=O) groups is 1. The average molecular weight is 403 g/mol. The number of anilines is 1. The van der Waals surface area contributed by atoms with E-state index in [-0.39, 0.29) is 11.9 Å². The van der Waals surface area contributed by atoms with E-state index in [0.717, 1.165) is 23.1 Å². The van der Waals surface area contributed by atoms with E-state index in [1.54, 1.807) is 6.20 Å². The number of aromatic nitrogens is 1. The van der Waals surface area contributed by atoms with Gasteiger partial charge in [-0.1, -0.05) is 25.7 Å². The maximum absolute atomic E-state index is 12.9. The molecule has 0 aromatic carbocycles. The highest BCUT2D eigenvalue weighted by molar-refractivity contribution is 7.99. The minimum absolute atomic E-state index is 0.152. The minimum Gasteiger partial charge on any atom is -0.313 e. The monoisotopic (exact) mass is 402 g/mol. The predicted octanol–water partition coefficient (Wildman–Crippen LogP) is 4.53. The zero-order chi connectivity index (χ0) is 19.9. The van der Waals surface area contributed by atoms with Crippen LogP contribution in [0, 0.1) is 5.92 Å². The lowest BCUT2D eigenvalue weighted by Gasteiger charge is -2.30. The van der Waals surface area contributed by atoms with E-state index in [4.69, 9.17) is 0 Å². The number of hydrogen-bond acceptors (Lipinski definition) is 5. The predicted molar refractivity (Wildman–Crippen MR) is 118 cm³/mol. The van der Waals surface area contributed by atoms with Crippen LogP contribution < -0.4 is 5.01 Å². The van der Waals surface area contributed by atoms with Crippen molar-refractivity contribution in [3.05, 3.63) is 36.4 Å². The summed E-state index contributed by atoms with van der Waals surface area (Å²) in [6.45, 7) is 4.91. The molecule has 2 aliphatic rings. The Labute approximate surface area is 174 Å². The molecule has 5 nitrogen and oxygen atoms in total. The molecule has 1 unspecified atom stereocenters. The Morgan fingerprint density at radius 2 is 2.11 bits per heavy atom. The van der Waals surface area contributed by atoms with Crippen LogP contribution in [-0.4, -0.2) is 51.9 Å². The number of thioether (sulfide) groups is 1. The maximum Gasteiger partial charge on any atom is 0.227 e. The lowest BCUT2D eigenvalue weighted by Crippen LogP contribution is -2.40. The number of amides is 1. The second-order valence-electron chi connectivity index (χ2n) is 7.80. The highest BCUT2D eigenvalue weighted by Crippen LogP contribution is 2.30. The molecule has 1 atom stereocenters. The molecular formula is C22H34N4OS. The summed E-state index contributed by atoms with van der Waals surface area (Å²) in [5.74, 6) is 3.29. The van der Waals surface area contributed by atoms with Gasteiger partial charge in [0.15, 0.2) is 0 Å². The molecule has 1 amide bonds. The molecule has 0 radical (unpaired) electrons. The number of hydrogen-bond donors (Lipinski definition) is 0. The van der Waals surface area contributed by atoms with Crippen molar-refractivity contribution < 1.29 is 4.79 Å². The fourth-order valence-corrected chi connectivity index (χ4v) is 5.21. The standard InChI is InChI=1S/C22H34N4OS/c1-4-25(22(27)12-15-28-14-11-19-8-5-6-9-19)21-17-26(24(3)18(21)2)20-10-7-13-23-16-20/h7,10,13,16-19H,4-6,8-9,11-12,14-15H2,1-3H3. The highest BCUT2D eigenvalue weighted by atomic mass is 32.2. The van der Waals surface area contributed by atoms with Crippen LogP contribution in [0.1, 0.15) is 52.4 Å². The Balaban J connectivity index is 1.53. The van der Waals surface area contributed by atoms with Crippen molar-refractivity contribution in [3.8, 4) is 0 Å². The molecule has 0 N–H and O–H groups in total. The molecule has 0 saturated heterocycles. The van der Waals surface area contributed by atoms with Crippen LogP contribution in [0.2, 0.25) is 0 Å². The zero-order valence-electron chi connectivity index (χ0n) is 17.5. The Morgan fingerprint density at radius 3 is 2.79 bits per heavy atom. The molecule has 154 valence electrons. The van der Waals surface area contributed by atoms with Crippen LogP contribution >= 0.6 is 11.8 Å². The SMILES string of the molecule is CCN(C(=O)CCSCCC1CCCC1)C1=CN(c2cccnc2)N(C)C1C. The van der Waals surface area contributed by atoms with Gasteiger partial charge in [-0.3, -0.25) is 14.8 Å². The van der Waals surface area contributed by atoms with Crippen molar-refractivity contribution in [3.63, 3.8) is 0 Å². The molecule has 1 fully saturated rings. The first-order valence-electron chi connectivity index (χ1n) is 10.6. The largest absolute Gasteiger partial charge is 0.313 e. The number of nitrogens with zero attached hydrogens (tertiary/aromatic N) is 4. The van der Waals surface area contributed by atoms with Crippen molar-refractivity contribution in [2.45, 2.75) is 58.4 Å². The van der Waals surface area contributed by atoms with Gasteiger partial charge in [0.25, 0.3) is 0 Å². The van der Waals surface area contributed by atoms with Gasteiger partial charge in [0.1, 0.15) is 0 Å². The zero-order valence-corrected chi connectivity index (χ0v) is 18.3. The Bertz CT molecular complexity index is 660. The molecule has 1 aromatic rings. The van der Waals surface area contributed by atoms with E-state index >= 15 is 0 Å². The van der Waals surface area contributed by atoms with Gasteiger partial charge in [-0.05, 0) is 44.1 Å². The van der Waals surface area contributed by atoms with E-state index in [1.165, 1.54) is 37.9 Å². The maximum atomic E-state index is 12.9. The minimum atomic E-state index is 0.152. The van der Waals surface area contributed by atoms with Gasteiger partial charge in [-0.15, -0.1) is 0 Å². The molecule has 3 rings (SSSR count). The van der Waals surface area contributed by atoms with Gasteiger partial charge in [0.2, 0.25) is 5.91 Å². The third-order valence-corrected chi connectivity index (χ3v) is 7.05. The molecule has 6 heteroatoms. The van der Waals surface area contributed by atoms with E-state index in [1.807, 2.05) is 35.0 Å². The van der Waals surface area contributed by atoms with E-state index in [0.29, 0.717) is 13.0 Å². The molecule has 0 bridgehead atoms. The summed E-state index contributed by atoms with van der Waals surface area (Å²) in [5.41, 5.74) is 2.08. The van der Waals surface area contributed by atoms with Crippen LogP contribution in [0.25, 0.3) is 0 Å². The van der Waals surface area contributed by atoms with E-state index in [9.17, 15) is 4.79 Å². The first-order valence-corrected chi connectivity index (χ1v) is 11.8. The number of carbonyl (C=O) groups excluding carboxylic acids is 1. The second-order valence-corrected chi connectivity index (χ2v) is 9.02. The molecule has 28 heavy (non-hydrogen) atoms. The van der Waals surface area contributed by atoms with Gasteiger partial charge in [-0.2, -0.15) is 11.8 Å². The van der Waals surface area contributed by atoms with E-state index < -0.39 is 0 Å². The van der Waals surface area contributed by atoms with Gasteiger partial charge in [-0.25, -0.2) is 5.01 Å². The van der Waals surface area contributed by atoms with Gasteiger partial charge >= 0.3 is 0 Å². The van der Waals surface area contributed by atoms with Crippen molar-refractivity contribution >= 4 is 23.4 Å². The van der Waals surface area contributed by atoms with Crippen LogP contribution in [0.5, 0.6) is 0 Å². The Hall–Kier alpha value is -1.53. The highest BCUT2D eigenvalue weighted by Gasteiger charge is 2.32. The van der Waals surface area contributed by atoms with Crippen molar-refractivity contribution in [1.29, 1.82) is 0 Å². The topological polar surface area (TPSA) is 39.7 Å².